The smallest absolute Gasteiger partial charge is 0.0700 e. The molecule has 1 aliphatic heterocycles. The molecule has 0 aromatic rings. The van der Waals surface area contributed by atoms with Gasteiger partial charge in [0.1, 0.15) is 0 Å². The van der Waals surface area contributed by atoms with Gasteiger partial charge >= 0.3 is 0 Å². The summed E-state index contributed by atoms with van der Waals surface area (Å²) in [5.41, 5.74) is 0. The number of nitrogens with one attached hydrogen (secondary N) is 1. The summed E-state index contributed by atoms with van der Waals surface area (Å²) < 4.78 is 5.72. The molecule has 0 radical (unpaired) electrons. The van der Waals surface area contributed by atoms with Gasteiger partial charge in [0.2, 0.25) is 0 Å². The summed E-state index contributed by atoms with van der Waals surface area (Å²) in [5, 5.41) is 3.63. The van der Waals surface area contributed by atoms with E-state index in [1.54, 1.807) is 0 Å². The molecule has 0 amide bonds. The van der Waals surface area contributed by atoms with Crippen molar-refractivity contribution in [1.82, 2.24) is 10.2 Å². The van der Waals surface area contributed by atoms with Gasteiger partial charge in [-0.15, -0.1) is 0 Å². The highest BCUT2D eigenvalue weighted by atomic mass is 16.5. The third-order valence-electron chi connectivity index (χ3n) is 3.93. The summed E-state index contributed by atoms with van der Waals surface area (Å²) in [5.74, 6) is 0.748. The Labute approximate surface area is 107 Å². The molecule has 17 heavy (non-hydrogen) atoms. The summed E-state index contributed by atoms with van der Waals surface area (Å²) in [7, 11) is 0. The van der Waals surface area contributed by atoms with Gasteiger partial charge in [-0.25, -0.2) is 0 Å². The van der Waals surface area contributed by atoms with Crippen LogP contribution in [0.4, 0.5) is 0 Å². The second kappa shape index (κ2) is 8.06. The van der Waals surface area contributed by atoms with Crippen molar-refractivity contribution in [2.75, 3.05) is 32.8 Å². The SMILES string of the molecule is CCNC(CN1CCOC(CC)C1)C(C)CC. The van der Waals surface area contributed by atoms with Gasteiger partial charge in [0.15, 0.2) is 0 Å². The van der Waals surface area contributed by atoms with E-state index in [-0.39, 0.29) is 0 Å². The Hall–Kier alpha value is -0.120. The van der Waals surface area contributed by atoms with Gasteiger partial charge in [0.05, 0.1) is 12.7 Å². The molecular weight excluding hydrogens is 212 g/mol. The number of morpholine rings is 1. The largest absolute Gasteiger partial charge is 0.376 e. The summed E-state index contributed by atoms with van der Waals surface area (Å²) in [6.45, 7) is 14.4. The van der Waals surface area contributed by atoms with Crippen LogP contribution in [0.1, 0.15) is 40.5 Å². The molecule has 0 saturated carbocycles. The predicted octanol–water partition coefficient (Wildman–Crippen LogP) is 2.12. The highest BCUT2D eigenvalue weighted by Gasteiger charge is 2.23. The highest BCUT2D eigenvalue weighted by molar-refractivity contribution is 4.79. The van der Waals surface area contributed by atoms with E-state index in [1.807, 2.05) is 0 Å². The van der Waals surface area contributed by atoms with Crippen LogP contribution >= 0.6 is 0 Å². The van der Waals surface area contributed by atoms with E-state index in [0.717, 1.165) is 38.6 Å². The van der Waals surface area contributed by atoms with Crippen LogP contribution < -0.4 is 5.32 Å². The molecule has 3 atom stereocenters. The van der Waals surface area contributed by atoms with E-state index in [0.29, 0.717) is 12.1 Å². The van der Waals surface area contributed by atoms with Crippen molar-refractivity contribution >= 4 is 0 Å². The fourth-order valence-corrected chi connectivity index (χ4v) is 2.46. The van der Waals surface area contributed by atoms with Crippen LogP contribution in [0.2, 0.25) is 0 Å². The van der Waals surface area contributed by atoms with Crippen LogP contribution in [0.15, 0.2) is 0 Å². The molecule has 0 bridgehead atoms. The highest BCUT2D eigenvalue weighted by Crippen LogP contribution is 2.13. The van der Waals surface area contributed by atoms with Gasteiger partial charge in [0.25, 0.3) is 0 Å². The van der Waals surface area contributed by atoms with E-state index in [4.69, 9.17) is 4.74 Å². The van der Waals surface area contributed by atoms with Gasteiger partial charge in [-0.2, -0.15) is 0 Å². The van der Waals surface area contributed by atoms with Crippen molar-refractivity contribution in [2.45, 2.75) is 52.7 Å². The first-order valence-corrected chi connectivity index (χ1v) is 7.28. The van der Waals surface area contributed by atoms with E-state index in [1.165, 1.54) is 13.0 Å². The zero-order valence-corrected chi connectivity index (χ0v) is 12.0. The minimum absolute atomic E-state index is 0.447. The first kappa shape index (κ1) is 14.9. The van der Waals surface area contributed by atoms with Gasteiger partial charge in [-0.05, 0) is 18.9 Å². The van der Waals surface area contributed by atoms with Crippen LogP contribution in [-0.4, -0.2) is 49.8 Å². The standard InChI is InChI=1S/C14H30N2O/c1-5-12(4)14(15-7-3)11-16-8-9-17-13(6-2)10-16/h12-15H,5-11H2,1-4H3. The molecule has 0 aliphatic carbocycles. The van der Waals surface area contributed by atoms with Crippen molar-refractivity contribution in [1.29, 1.82) is 0 Å². The predicted molar refractivity (Wildman–Crippen MR) is 73.4 cm³/mol. The molecule has 0 aromatic carbocycles. The molecule has 1 saturated heterocycles. The number of likely N-dealkylation sites (N-methyl/N-ethyl adjacent to an activating group) is 1. The fraction of sp³-hybridized carbons (Fsp3) is 1.00. The number of ether oxygens (including phenoxy) is 1. The van der Waals surface area contributed by atoms with Crippen molar-refractivity contribution in [3.05, 3.63) is 0 Å². The quantitative estimate of drug-likeness (QED) is 0.740. The normalized spacial score (nSPS) is 25.8. The van der Waals surface area contributed by atoms with Crippen LogP contribution in [0, 0.1) is 5.92 Å². The minimum Gasteiger partial charge on any atom is -0.376 e. The molecule has 1 rings (SSSR count). The maximum atomic E-state index is 5.72. The van der Waals surface area contributed by atoms with Gasteiger partial charge < -0.3 is 10.1 Å². The van der Waals surface area contributed by atoms with Gasteiger partial charge in [-0.1, -0.05) is 34.1 Å². The molecule has 3 unspecified atom stereocenters. The van der Waals surface area contributed by atoms with Crippen molar-refractivity contribution in [3.8, 4) is 0 Å². The molecule has 3 heteroatoms. The Balaban J connectivity index is 2.42. The number of hydrogen-bond donors (Lipinski definition) is 1. The lowest BCUT2D eigenvalue weighted by atomic mass is 9.98. The van der Waals surface area contributed by atoms with Crippen LogP contribution in [0.25, 0.3) is 0 Å². The topological polar surface area (TPSA) is 24.5 Å². The van der Waals surface area contributed by atoms with E-state index < -0.39 is 0 Å². The van der Waals surface area contributed by atoms with Crippen molar-refractivity contribution < 1.29 is 4.74 Å². The zero-order chi connectivity index (χ0) is 12.7. The first-order valence-electron chi connectivity index (χ1n) is 7.28. The minimum atomic E-state index is 0.447. The molecule has 1 aliphatic rings. The number of nitrogens with zero attached hydrogens (tertiary/aromatic N) is 1. The first-order chi connectivity index (χ1) is 8.21. The molecule has 1 N–H and O–H groups in total. The fourth-order valence-electron chi connectivity index (χ4n) is 2.46. The summed E-state index contributed by atoms with van der Waals surface area (Å²) in [6, 6.07) is 0.626. The molecule has 1 fully saturated rings. The molecule has 102 valence electrons. The summed E-state index contributed by atoms with van der Waals surface area (Å²) in [6.07, 6.45) is 2.83. The molecular formula is C14H30N2O. The van der Waals surface area contributed by atoms with E-state index in [9.17, 15) is 0 Å². The lowest BCUT2D eigenvalue weighted by molar-refractivity contribution is -0.0337. The van der Waals surface area contributed by atoms with Gasteiger partial charge in [0, 0.05) is 25.7 Å². The Morgan fingerprint density at radius 2 is 2.12 bits per heavy atom. The Morgan fingerprint density at radius 1 is 1.35 bits per heavy atom. The molecule has 1 heterocycles. The van der Waals surface area contributed by atoms with Gasteiger partial charge in [-0.3, -0.25) is 4.90 Å². The molecule has 3 nitrogen and oxygen atoms in total. The Morgan fingerprint density at radius 3 is 2.71 bits per heavy atom. The number of rotatable bonds is 7. The Kier molecular flexibility index (Phi) is 7.09. The summed E-state index contributed by atoms with van der Waals surface area (Å²) >= 11 is 0. The van der Waals surface area contributed by atoms with E-state index >= 15 is 0 Å². The Bertz CT molecular complexity index is 199. The second-order valence-corrected chi connectivity index (χ2v) is 5.21. The number of hydrogen-bond acceptors (Lipinski definition) is 3. The van der Waals surface area contributed by atoms with Crippen molar-refractivity contribution in [3.63, 3.8) is 0 Å². The summed E-state index contributed by atoms with van der Waals surface area (Å²) in [4.78, 5) is 2.57. The lowest BCUT2D eigenvalue weighted by Gasteiger charge is -2.36. The lowest BCUT2D eigenvalue weighted by Crippen LogP contribution is -2.50. The maximum absolute atomic E-state index is 5.72. The zero-order valence-electron chi connectivity index (χ0n) is 12.0. The maximum Gasteiger partial charge on any atom is 0.0700 e. The average Bonchev–Trinajstić information content (AvgIpc) is 2.37. The van der Waals surface area contributed by atoms with E-state index in [2.05, 4.69) is 37.9 Å². The van der Waals surface area contributed by atoms with Crippen LogP contribution in [0.3, 0.4) is 0 Å². The molecule has 0 spiro atoms. The van der Waals surface area contributed by atoms with Crippen LogP contribution in [0.5, 0.6) is 0 Å². The third-order valence-corrected chi connectivity index (χ3v) is 3.93. The van der Waals surface area contributed by atoms with Crippen molar-refractivity contribution in [2.24, 2.45) is 5.92 Å². The monoisotopic (exact) mass is 242 g/mol. The second-order valence-electron chi connectivity index (χ2n) is 5.21. The molecule has 0 aromatic heterocycles. The average molecular weight is 242 g/mol. The third kappa shape index (κ3) is 4.94. The van der Waals surface area contributed by atoms with Crippen LogP contribution in [-0.2, 0) is 4.74 Å².